The maximum atomic E-state index is 9.56. The van der Waals surface area contributed by atoms with Gasteiger partial charge in [0.15, 0.2) is 0 Å². The van der Waals surface area contributed by atoms with Crippen molar-refractivity contribution in [3.05, 3.63) is 36.0 Å². The van der Waals surface area contributed by atoms with Crippen LogP contribution in [0.4, 0.5) is 0 Å². The molecule has 0 radical (unpaired) electrons. The molecule has 1 aromatic carbocycles. The lowest BCUT2D eigenvalue weighted by Crippen LogP contribution is -2.01. The van der Waals surface area contributed by atoms with Gasteiger partial charge in [0.2, 0.25) is 0 Å². The van der Waals surface area contributed by atoms with Crippen LogP contribution >= 0.6 is 0 Å². The van der Waals surface area contributed by atoms with Crippen LogP contribution in [-0.4, -0.2) is 29.8 Å². The Hall–Kier alpha value is -2.01. The first-order valence-electron chi connectivity index (χ1n) is 5.73. The summed E-state index contributed by atoms with van der Waals surface area (Å²) in [5.74, 6) is 5.86. The van der Waals surface area contributed by atoms with E-state index in [1.165, 1.54) is 6.92 Å². The van der Waals surface area contributed by atoms with Crippen LogP contribution in [-0.2, 0) is 14.6 Å². The Morgan fingerprint density at radius 2 is 2.05 bits per heavy atom. The first-order chi connectivity index (χ1) is 9.48. The highest BCUT2D eigenvalue weighted by Crippen LogP contribution is 2.13. The topological polar surface area (TPSA) is 89.4 Å². The number of aromatic nitrogens is 2. The maximum absolute atomic E-state index is 9.56. The van der Waals surface area contributed by atoms with E-state index in [9.17, 15) is 8.42 Å². The van der Waals surface area contributed by atoms with Crippen molar-refractivity contribution < 1.29 is 17.2 Å². The van der Waals surface area contributed by atoms with Crippen LogP contribution in [0.1, 0.15) is 19.4 Å². The fourth-order valence-electron chi connectivity index (χ4n) is 1.39. The maximum Gasteiger partial charge on any atom is 0.397 e. The molecule has 1 aromatic heterocycles. The van der Waals surface area contributed by atoms with Gasteiger partial charge < -0.3 is 0 Å². The Morgan fingerprint density at radius 3 is 2.60 bits per heavy atom. The highest BCUT2D eigenvalue weighted by molar-refractivity contribution is 7.80. The summed E-state index contributed by atoms with van der Waals surface area (Å²) >= 11 is 0. The molecule has 0 fully saturated rings. The zero-order valence-electron chi connectivity index (χ0n) is 11.1. The monoisotopic (exact) mass is 294 g/mol. The zero-order valence-corrected chi connectivity index (χ0v) is 11.9. The summed E-state index contributed by atoms with van der Waals surface area (Å²) in [7, 11) is -4.17. The van der Waals surface area contributed by atoms with Gasteiger partial charge in [-0.25, -0.2) is 4.18 Å². The predicted octanol–water partition coefficient (Wildman–Crippen LogP) is 1.83. The Labute approximate surface area is 117 Å². The predicted molar refractivity (Wildman–Crippen MR) is 75.3 cm³/mol. The van der Waals surface area contributed by atoms with Gasteiger partial charge in [-0.1, -0.05) is 24.1 Å². The highest BCUT2D eigenvalue weighted by atomic mass is 32.3. The molecule has 0 saturated heterocycles. The van der Waals surface area contributed by atoms with Crippen molar-refractivity contribution in [3.8, 4) is 11.8 Å². The van der Waals surface area contributed by atoms with E-state index < -0.39 is 10.4 Å². The van der Waals surface area contributed by atoms with Gasteiger partial charge >= 0.3 is 10.4 Å². The summed E-state index contributed by atoms with van der Waals surface area (Å²) in [6.07, 6.45) is 1.69. The van der Waals surface area contributed by atoms with Gasteiger partial charge in [-0.15, -0.1) is 5.92 Å². The molecular formula is C13H14N2O4S. The lowest BCUT2D eigenvalue weighted by atomic mass is 10.1. The van der Waals surface area contributed by atoms with Crippen LogP contribution < -0.4 is 0 Å². The van der Waals surface area contributed by atoms with E-state index in [1.807, 2.05) is 31.2 Å². The average Bonchev–Trinajstić information content (AvgIpc) is 2.39. The minimum atomic E-state index is -4.17. The standard InChI is InChI=1S/C11H8N2.C2H6O4S/c1-2-5-9-8-12-13-11-7-4-3-6-10(9)11;1-2-6-7(3,4)5/h3-4,6-8H,1H3;2H2,1H3,(H,3,4,5). The van der Waals surface area contributed by atoms with E-state index in [1.54, 1.807) is 6.20 Å². The summed E-state index contributed by atoms with van der Waals surface area (Å²) in [4.78, 5) is 0. The summed E-state index contributed by atoms with van der Waals surface area (Å²) in [5, 5.41) is 8.95. The fourth-order valence-corrected chi connectivity index (χ4v) is 1.69. The smallest absolute Gasteiger partial charge is 0.264 e. The second-order valence-electron chi connectivity index (χ2n) is 3.48. The number of benzene rings is 1. The first-order valence-corrected chi connectivity index (χ1v) is 7.09. The van der Waals surface area contributed by atoms with Gasteiger partial charge in [0.25, 0.3) is 0 Å². The van der Waals surface area contributed by atoms with Gasteiger partial charge in [0, 0.05) is 5.39 Å². The Bertz CT molecular complexity index is 727. The molecule has 0 spiro atoms. The molecule has 0 aliphatic heterocycles. The number of nitrogens with zero attached hydrogens (tertiary/aromatic N) is 2. The third-order valence-corrected chi connectivity index (χ3v) is 2.61. The molecule has 0 bridgehead atoms. The minimum Gasteiger partial charge on any atom is -0.264 e. The van der Waals surface area contributed by atoms with Crippen LogP contribution in [0.2, 0.25) is 0 Å². The molecule has 1 heterocycles. The first kappa shape index (κ1) is 16.0. The summed E-state index contributed by atoms with van der Waals surface area (Å²) in [6, 6.07) is 7.86. The zero-order chi connectivity index (χ0) is 15.0. The molecule has 106 valence electrons. The van der Waals surface area contributed by atoms with Crippen LogP contribution in [0, 0.1) is 11.8 Å². The molecule has 0 saturated carbocycles. The molecule has 7 heteroatoms. The number of rotatable bonds is 2. The van der Waals surface area contributed by atoms with Gasteiger partial charge in [0.05, 0.1) is 23.9 Å². The number of fused-ring (bicyclic) bond motifs is 1. The molecule has 2 aromatic rings. The third kappa shape index (κ3) is 5.32. The summed E-state index contributed by atoms with van der Waals surface area (Å²) in [5.41, 5.74) is 1.83. The second kappa shape index (κ2) is 7.55. The molecule has 0 unspecified atom stereocenters. The molecule has 0 atom stereocenters. The summed E-state index contributed by atoms with van der Waals surface area (Å²) in [6.45, 7) is 3.25. The van der Waals surface area contributed by atoms with Crippen LogP contribution in [0.25, 0.3) is 10.9 Å². The van der Waals surface area contributed by atoms with E-state index >= 15 is 0 Å². The van der Waals surface area contributed by atoms with E-state index in [2.05, 4.69) is 26.2 Å². The Morgan fingerprint density at radius 1 is 1.35 bits per heavy atom. The van der Waals surface area contributed by atoms with Gasteiger partial charge in [-0.05, 0) is 19.9 Å². The second-order valence-corrected chi connectivity index (χ2v) is 4.58. The fraction of sp³-hybridized carbons (Fsp3) is 0.231. The molecule has 0 amide bonds. The van der Waals surface area contributed by atoms with E-state index in [-0.39, 0.29) is 6.61 Å². The Kier molecular flexibility index (Phi) is 6.06. The lowest BCUT2D eigenvalue weighted by molar-refractivity contribution is 0.283. The van der Waals surface area contributed by atoms with Gasteiger partial charge in [-0.2, -0.15) is 18.6 Å². The summed E-state index contributed by atoms with van der Waals surface area (Å²) < 4.78 is 30.7. The number of hydrogen-bond donors (Lipinski definition) is 1. The third-order valence-electron chi connectivity index (χ3n) is 2.07. The van der Waals surface area contributed by atoms with Crippen LogP contribution in [0.3, 0.4) is 0 Å². The van der Waals surface area contributed by atoms with Crippen molar-refractivity contribution in [2.24, 2.45) is 0 Å². The molecule has 20 heavy (non-hydrogen) atoms. The molecule has 6 nitrogen and oxygen atoms in total. The average molecular weight is 294 g/mol. The largest absolute Gasteiger partial charge is 0.397 e. The SMILES string of the molecule is CC#Cc1cnnc2ccccc12.CCOS(=O)(=O)O. The van der Waals surface area contributed by atoms with E-state index in [0.29, 0.717) is 0 Å². The Balaban J connectivity index is 0.000000246. The van der Waals surface area contributed by atoms with Gasteiger partial charge in [0.1, 0.15) is 0 Å². The highest BCUT2D eigenvalue weighted by Gasteiger charge is 1.98. The normalized spacial score (nSPS) is 10.2. The van der Waals surface area contributed by atoms with Crippen molar-refractivity contribution in [2.75, 3.05) is 6.61 Å². The molecular weight excluding hydrogens is 280 g/mol. The van der Waals surface area contributed by atoms with Crippen molar-refractivity contribution in [1.82, 2.24) is 10.2 Å². The van der Waals surface area contributed by atoms with Gasteiger partial charge in [-0.3, -0.25) is 4.55 Å². The van der Waals surface area contributed by atoms with Crippen molar-refractivity contribution in [1.29, 1.82) is 0 Å². The van der Waals surface area contributed by atoms with Crippen molar-refractivity contribution in [2.45, 2.75) is 13.8 Å². The van der Waals surface area contributed by atoms with Crippen LogP contribution in [0.15, 0.2) is 30.5 Å². The lowest BCUT2D eigenvalue weighted by Gasteiger charge is -1.96. The minimum absolute atomic E-state index is 0.0289. The van der Waals surface area contributed by atoms with Crippen LogP contribution in [0.5, 0.6) is 0 Å². The van der Waals surface area contributed by atoms with E-state index in [4.69, 9.17) is 4.55 Å². The quantitative estimate of drug-likeness (QED) is 0.671. The van der Waals surface area contributed by atoms with E-state index in [0.717, 1.165) is 16.5 Å². The molecule has 0 aliphatic carbocycles. The molecule has 1 N–H and O–H groups in total. The molecule has 2 rings (SSSR count). The molecule has 0 aliphatic rings. The number of hydrogen-bond acceptors (Lipinski definition) is 5. The van der Waals surface area contributed by atoms with Crippen molar-refractivity contribution in [3.63, 3.8) is 0 Å². The van der Waals surface area contributed by atoms with Crippen molar-refractivity contribution >= 4 is 21.3 Å².